The fourth-order valence-corrected chi connectivity index (χ4v) is 2.48. The Morgan fingerprint density at radius 2 is 2.10 bits per heavy atom. The molecule has 0 unspecified atom stereocenters. The molecule has 0 spiro atoms. The first-order valence-corrected chi connectivity index (χ1v) is 7.62. The SMILES string of the molecule is O=C(CSc1ccc([N+](=O)[O-])cn1)Nc1ccccc1Br. The molecule has 6 nitrogen and oxygen atoms in total. The van der Waals surface area contributed by atoms with Gasteiger partial charge in [-0.15, -0.1) is 0 Å². The molecule has 8 heteroatoms. The van der Waals surface area contributed by atoms with E-state index in [4.69, 9.17) is 0 Å². The number of anilines is 1. The number of amides is 1. The Morgan fingerprint density at radius 1 is 1.33 bits per heavy atom. The number of halogens is 1. The molecule has 0 aliphatic carbocycles. The minimum Gasteiger partial charge on any atom is -0.324 e. The van der Waals surface area contributed by atoms with Gasteiger partial charge in [-0.2, -0.15) is 0 Å². The van der Waals surface area contributed by atoms with Crippen molar-refractivity contribution in [1.29, 1.82) is 0 Å². The molecule has 1 aromatic heterocycles. The van der Waals surface area contributed by atoms with E-state index < -0.39 is 4.92 Å². The van der Waals surface area contributed by atoms with Crippen molar-refractivity contribution in [3.05, 3.63) is 57.2 Å². The largest absolute Gasteiger partial charge is 0.324 e. The predicted molar refractivity (Wildman–Crippen MR) is 84.4 cm³/mol. The third kappa shape index (κ3) is 4.54. The van der Waals surface area contributed by atoms with Crippen LogP contribution in [0.25, 0.3) is 0 Å². The number of nitrogens with zero attached hydrogens (tertiary/aromatic N) is 2. The van der Waals surface area contributed by atoms with Crippen LogP contribution in [0.3, 0.4) is 0 Å². The first-order valence-electron chi connectivity index (χ1n) is 5.84. The van der Waals surface area contributed by atoms with Gasteiger partial charge in [0.1, 0.15) is 6.20 Å². The zero-order valence-corrected chi connectivity index (χ0v) is 13.1. The van der Waals surface area contributed by atoms with Crippen LogP contribution in [0.2, 0.25) is 0 Å². The molecule has 1 amide bonds. The van der Waals surface area contributed by atoms with Crippen molar-refractivity contribution < 1.29 is 9.72 Å². The Hall–Kier alpha value is -1.93. The van der Waals surface area contributed by atoms with Crippen molar-refractivity contribution >= 4 is 45.0 Å². The summed E-state index contributed by atoms with van der Waals surface area (Å²) in [5, 5.41) is 13.8. The second kappa shape index (κ2) is 7.19. The van der Waals surface area contributed by atoms with E-state index >= 15 is 0 Å². The van der Waals surface area contributed by atoms with Gasteiger partial charge in [-0.1, -0.05) is 23.9 Å². The van der Waals surface area contributed by atoms with Crippen LogP contribution >= 0.6 is 27.7 Å². The lowest BCUT2D eigenvalue weighted by Crippen LogP contribution is -2.14. The molecule has 0 bridgehead atoms. The number of para-hydroxylation sites is 1. The average molecular weight is 368 g/mol. The highest BCUT2D eigenvalue weighted by Crippen LogP contribution is 2.22. The van der Waals surface area contributed by atoms with Gasteiger partial charge in [0.15, 0.2) is 0 Å². The molecule has 1 N–H and O–H groups in total. The van der Waals surface area contributed by atoms with E-state index in [0.29, 0.717) is 10.7 Å². The number of rotatable bonds is 5. The van der Waals surface area contributed by atoms with E-state index in [9.17, 15) is 14.9 Å². The molecule has 0 radical (unpaired) electrons. The van der Waals surface area contributed by atoms with Crippen LogP contribution in [0.15, 0.2) is 52.1 Å². The highest BCUT2D eigenvalue weighted by Gasteiger charge is 2.08. The topological polar surface area (TPSA) is 85.1 Å². The van der Waals surface area contributed by atoms with Crippen LogP contribution in [0.1, 0.15) is 0 Å². The molecule has 0 saturated heterocycles. The number of pyridine rings is 1. The molecule has 0 fully saturated rings. The van der Waals surface area contributed by atoms with Crippen molar-refractivity contribution in [2.24, 2.45) is 0 Å². The highest BCUT2D eigenvalue weighted by atomic mass is 79.9. The summed E-state index contributed by atoms with van der Waals surface area (Å²) < 4.78 is 0.803. The van der Waals surface area contributed by atoms with E-state index in [-0.39, 0.29) is 17.3 Å². The second-order valence-corrected chi connectivity index (χ2v) is 5.78. The van der Waals surface area contributed by atoms with Gasteiger partial charge in [0.05, 0.1) is 21.4 Å². The summed E-state index contributed by atoms with van der Waals surface area (Å²) in [6, 6.07) is 10.2. The normalized spacial score (nSPS) is 10.1. The lowest BCUT2D eigenvalue weighted by Gasteiger charge is -2.06. The van der Waals surface area contributed by atoms with Crippen LogP contribution in [0.5, 0.6) is 0 Å². The summed E-state index contributed by atoms with van der Waals surface area (Å²) in [6.45, 7) is 0. The Kier molecular flexibility index (Phi) is 5.29. The zero-order chi connectivity index (χ0) is 15.2. The van der Waals surface area contributed by atoms with Gasteiger partial charge < -0.3 is 5.32 Å². The van der Waals surface area contributed by atoms with E-state index in [1.807, 2.05) is 18.2 Å². The van der Waals surface area contributed by atoms with Gasteiger partial charge in [-0.3, -0.25) is 14.9 Å². The minimum atomic E-state index is -0.513. The predicted octanol–water partition coefficient (Wildman–Crippen LogP) is 3.48. The molecule has 0 aliphatic heterocycles. The number of hydrogen-bond acceptors (Lipinski definition) is 5. The fraction of sp³-hybridized carbons (Fsp3) is 0.0769. The van der Waals surface area contributed by atoms with Gasteiger partial charge in [0, 0.05) is 10.5 Å². The number of carbonyl (C=O) groups is 1. The first-order chi connectivity index (χ1) is 10.1. The molecule has 0 saturated carbocycles. The Balaban J connectivity index is 1.89. The van der Waals surface area contributed by atoms with Crippen molar-refractivity contribution in [1.82, 2.24) is 4.98 Å². The summed E-state index contributed by atoms with van der Waals surface area (Å²) in [5.41, 5.74) is 0.622. The number of thioether (sulfide) groups is 1. The molecular formula is C13H10BrN3O3S. The molecule has 21 heavy (non-hydrogen) atoms. The summed E-state index contributed by atoms with van der Waals surface area (Å²) >= 11 is 4.56. The molecule has 0 aliphatic rings. The summed E-state index contributed by atoms with van der Waals surface area (Å²) in [6.07, 6.45) is 1.17. The van der Waals surface area contributed by atoms with E-state index in [0.717, 1.165) is 4.47 Å². The molecule has 0 atom stereocenters. The number of nitro groups is 1. The molecule has 2 rings (SSSR count). The van der Waals surface area contributed by atoms with Gasteiger partial charge >= 0.3 is 0 Å². The average Bonchev–Trinajstić information content (AvgIpc) is 2.48. The maximum absolute atomic E-state index is 11.8. The molecular weight excluding hydrogens is 358 g/mol. The van der Waals surface area contributed by atoms with Gasteiger partial charge in [0.25, 0.3) is 5.69 Å². The van der Waals surface area contributed by atoms with Crippen molar-refractivity contribution in [2.45, 2.75) is 5.03 Å². The van der Waals surface area contributed by atoms with Crippen LogP contribution < -0.4 is 5.32 Å². The summed E-state index contributed by atoms with van der Waals surface area (Å²) in [5.74, 6) is -0.00126. The monoisotopic (exact) mass is 367 g/mol. The lowest BCUT2D eigenvalue weighted by molar-refractivity contribution is -0.385. The smallest absolute Gasteiger partial charge is 0.287 e. The number of benzene rings is 1. The van der Waals surface area contributed by atoms with Crippen LogP contribution in [0, 0.1) is 10.1 Å². The fourth-order valence-electron chi connectivity index (χ4n) is 1.45. The molecule has 2 aromatic rings. The van der Waals surface area contributed by atoms with Gasteiger partial charge in [-0.25, -0.2) is 4.98 Å². The quantitative estimate of drug-likeness (QED) is 0.496. The minimum absolute atomic E-state index is 0.0722. The van der Waals surface area contributed by atoms with Crippen molar-refractivity contribution in [3.63, 3.8) is 0 Å². The van der Waals surface area contributed by atoms with Crippen molar-refractivity contribution in [3.8, 4) is 0 Å². The zero-order valence-electron chi connectivity index (χ0n) is 10.7. The highest BCUT2D eigenvalue weighted by molar-refractivity contribution is 9.10. The third-order valence-corrected chi connectivity index (χ3v) is 4.07. The Bertz CT molecular complexity index is 664. The Labute approximate surface area is 133 Å². The van der Waals surface area contributed by atoms with Gasteiger partial charge in [-0.05, 0) is 34.1 Å². The molecule has 1 heterocycles. The number of carbonyl (C=O) groups excluding carboxylic acids is 1. The van der Waals surface area contributed by atoms with E-state index in [1.54, 1.807) is 6.07 Å². The maximum atomic E-state index is 11.8. The number of nitrogens with one attached hydrogen (secondary N) is 1. The number of hydrogen-bond donors (Lipinski definition) is 1. The van der Waals surface area contributed by atoms with E-state index in [1.165, 1.54) is 30.1 Å². The number of aromatic nitrogens is 1. The Morgan fingerprint density at radius 3 is 2.71 bits per heavy atom. The van der Waals surface area contributed by atoms with Crippen LogP contribution in [-0.2, 0) is 4.79 Å². The van der Waals surface area contributed by atoms with Crippen molar-refractivity contribution in [2.75, 3.05) is 11.1 Å². The standard InChI is InChI=1S/C13H10BrN3O3S/c14-10-3-1-2-4-11(10)16-12(18)8-21-13-6-5-9(7-15-13)17(19)20/h1-7H,8H2,(H,16,18). The second-order valence-electron chi connectivity index (χ2n) is 3.93. The first kappa shape index (κ1) is 15.5. The summed E-state index contributed by atoms with van der Waals surface area (Å²) in [7, 11) is 0. The van der Waals surface area contributed by atoms with Crippen LogP contribution in [-0.4, -0.2) is 21.6 Å². The van der Waals surface area contributed by atoms with Gasteiger partial charge in [0.2, 0.25) is 5.91 Å². The molecule has 108 valence electrons. The summed E-state index contributed by atoms with van der Waals surface area (Å²) in [4.78, 5) is 25.7. The van der Waals surface area contributed by atoms with Crippen LogP contribution in [0.4, 0.5) is 11.4 Å². The third-order valence-electron chi connectivity index (χ3n) is 2.43. The lowest BCUT2D eigenvalue weighted by atomic mass is 10.3. The maximum Gasteiger partial charge on any atom is 0.287 e. The molecule has 1 aromatic carbocycles. The van der Waals surface area contributed by atoms with E-state index in [2.05, 4.69) is 26.2 Å².